The molecule has 2 aromatic rings. The molecule has 0 aliphatic rings. The van der Waals surface area contributed by atoms with Crippen molar-refractivity contribution < 1.29 is 18.0 Å². The van der Waals surface area contributed by atoms with E-state index in [4.69, 9.17) is 0 Å². The van der Waals surface area contributed by atoms with E-state index in [2.05, 4.69) is 26.1 Å². The van der Waals surface area contributed by atoms with Crippen molar-refractivity contribution in [2.24, 2.45) is 0 Å². The number of carbonyl (C=O) groups is 2. The number of hydrogen-bond acceptors (Lipinski definition) is 4. The van der Waals surface area contributed by atoms with Crippen molar-refractivity contribution in [2.75, 3.05) is 17.1 Å². The van der Waals surface area contributed by atoms with Crippen LogP contribution in [0.4, 0.5) is 5.69 Å². The summed E-state index contributed by atoms with van der Waals surface area (Å²) in [5.74, 6) is -0.668. The van der Waals surface area contributed by atoms with Gasteiger partial charge in [-0.05, 0) is 60.9 Å². The smallest absolute Gasteiger partial charge is 0.244 e. The molecule has 204 valence electrons. The molecule has 2 rings (SSSR count). The van der Waals surface area contributed by atoms with E-state index in [9.17, 15) is 18.0 Å². The third kappa shape index (κ3) is 8.32. The summed E-state index contributed by atoms with van der Waals surface area (Å²) >= 11 is 0. The minimum atomic E-state index is -3.77. The maximum atomic E-state index is 13.8. The van der Waals surface area contributed by atoms with E-state index in [-0.39, 0.29) is 23.9 Å². The number of anilines is 1. The lowest BCUT2D eigenvalue weighted by atomic mass is 9.87. The van der Waals surface area contributed by atoms with Crippen LogP contribution in [0.1, 0.15) is 71.1 Å². The zero-order valence-electron chi connectivity index (χ0n) is 23.5. The molecule has 7 nitrogen and oxygen atoms in total. The van der Waals surface area contributed by atoms with Gasteiger partial charge in [0.15, 0.2) is 0 Å². The predicted octanol–water partition coefficient (Wildman–Crippen LogP) is 4.78. The van der Waals surface area contributed by atoms with Crippen LogP contribution in [0, 0.1) is 6.92 Å². The number of nitrogens with one attached hydrogen (secondary N) is 1. The van der Waals surface area contributed by atoms with Crippen LogP contribution in [-0.2, 0) is 31.6 Å². The number of aryl methyl sites for hydroxylation is 1. The average Bonchev–Trinajstić information content (AvgIpc) is 2.82. The third-order valence-electron chi connectivity index (χ3n) is 6.69. The largest absolute Gasteiger partial charge is 0.352 e. The number of benzene rings is 2. The maximum Gasteiger partial charge on any atom is 0.244 e. The molecule has 2 aromatic carbocycles. The van der Waals surface area contributed by atoms with Gasteiger partial charge in [-0.3, -0.25) is 13.9 Å². The Morgan fingerprint density at radius 2 is 1.57 bits per heavy atom. The minimum Gasteiger partial charge on any atom is -0.352 e. The second-order valence-electron chi connectivity index (χ2n) is 10.8. The molecule has 0 bridgehead atoms. The Kier molecular flexibility index (Phi) is 10.3. The number of sulfonamides is 1. The molecule has 8 heteroatoms. The molecular formula is C29H43N3O4S. The van der Waals surface area contributed by atoms with Crippen molar-refractivity contribution in [3.8, 4) is 0 Å². The van der Waals surface area contributed by atoms with Crippen LogP contribution in [0.15, 0.2) is 48.5 Å². The zero-order chi connectivity index (χ0) is 28.0. The van der Waals surface area contributed by atoms with Gasteiger partial charge in [-0.2, -0.15) is 0 Å². The van der Waals surface area contributed by atoms with E-state index in [1.807, 2.05) is 64.1 Å². The van der Waals surface area contributed by atoms with E-state index in [0.717, 1.165) is 33.7 Å². The highest BCUT2D eigenvalue weighted by Crippen LogP contribution is 2.26. The minimum absolute atomic E-state index is 0.0363. The summed E-state index contributed by atoms with van der Waals surface area (Å²) in [6.07, 6.45) is 2.26. The SMILES string of the molecule is CC[C@@H](C)NC(=O)[C@H](CC)N(Cc1ccccc1C)C(=O)CN(c1ccc(C(C)(C)C)cc1)S(C)(=O)=O. The number of rotatable bonds is 11. The van der Waals surface area contributed by atoms with Crippen molar-refractivity contribution in [1.29, 1.82) is 0 Å². The lowest BCUT2D eigenvalue weighted by Gasteiger charge is -2.33. The van der Waals surface area contributed by atoms with Gasteiger partial charge in [-0.15, -0.1) is 0 Å². The Bertz CT molecular complexity index is 1170. The maximum absolute atomic E-state index is 13.8. The molecule has 1 N–H and O–H groups in total. The Hall–Kier alpha value is -2.87. The lowest BCUT2D eigenvalue weighted by molar-refractivity contribution is -0.140. The van der Waals surface area contributed by atoms with E-state index in [0.29, 0.717) is 12.1 Å². The molecule has 0 spiro atoms. The fourth-order valence-electron chi connectivity index (χ4n) is 4.07. The lowest BCUT2D eigenvalue weighted by Crippen LogP contribution is -2.53. The number of amides is 2. The van der Waals surface area contributed by atoms with Crippen LogP contribution in [0.25, 0.3) is 0 Å². The first-order chi connectivity index (χ1) is 17.2. The Morgan fingerprint density at radius 1 is 0.973 bits per heavy atom. The summed E-state index contributed by atoms with van der Waals surface area (Å²) in [6, 6.07) is 14.2. The average molecular weight is 530 g/mol. The van der Waals surface area contributed by atoms with E-state index in [1.54, 1.807) is 12.1 Å². The van der Waals surface area contributed by atoms with E-state index < -0.39 is 28.5 Å². The molecule has 0 saturated carbocycles. The Morgan fingerprint density at radius 3 is 2.05 bits per heavy atom. The molecule has 0 aromatic heterocycles. The van der Waals surface area contributed by atoms with Gasteiger partial charge in [-0.25, -0.2) is 8.42 Å². The first-order valence-electron chi connectivity index (χ1n) is 12.9. The molecule has 2 atom stereocenters. The molecule has 0 heterocycles. The van der Waals surface area contributed by atoms with Gasteiger partial charge in [0.25, 0.3) is 0 Å². The molecular weight excluding hydrogens is 486 g/mol. The predicted molar refractivity (Wildman–Crippen MR) is 151 cm³/mol. The molecule has 2 amide bonds. The van der Waals surface area contributed by atoms with Gasteiger partial charge in [0.1, 0.15) is 12.6 Å². The van der Waals surface area contributed by atoms with Gasteiger partial charge < -0.3 is 10.2 Å². The van der Waals surface area contributed by atoms with Crippen molar-refractivity contribution in [2.45, 2.75) is 85.4 Å². The van der Waals surface area contributed by atoms with Crippen LogP contribution in [0.5, 0.6) is 0 Å². The van der Waals surface area contributed by atoms with Gasteiger partial charge in [0.2, 0.25) is 21.8 Å². The van der Waals surface area contributed by atoms with Crippen LogP contribution in [0.2, 0.25) is 0 Å². The van der Waals surface area contributed by atoms with E-state index in [1.165, 1.54) is 4.90 Å². The summed E-state index contributed by atoms with van der Waals surface area (Å²) in [6.45, 7) is 13.8. The van der Waals surface area contributed by atoms with E-state index >= 15 is 0 Å². The highest BCUT2D eigenvalue weighted by atomic mass is 32.2. The first-order valence-corrected chi connectivity index (χ1v) is 14.8. The summed E-state index contributed by atoms with van der Waals surface area (Å²) in [4.78, 5) is 28.5. The van der Waals surface area contributed by atoms with Gasteiger partial charge >= 0.3 is 0 Å². The van der Waals surface area contributed by atoms with Crippen LogP contribution in [-0.4, -0.2) is 50.0 Å². The third-order valence-corrected chi connectivity index (χ3v) is 7.83. The Labute approximate surface area is 223 Å². The van der Waals surface area contributed by atoms with Gasteiger partial charge in [-0.1, -0.05) is 71.0 Å². The fourth-order valence-corrected chi connectivity index (χ4v) is 4.92. The summed E-state index contributed by atoms with van der Waals surface area (Å²) in [5.41, 5.74) is 3.29. The van der Waals surface area contributed by atoms with Crippen LogP contribution in [0.3, 0.4) is 0 Å². The van der Waals surface area contributed by atoms with Gasteiger partial charge in [0, 0.05) is 12.6 Å². The second kappa shape index (κ2) is 12.6. The number of hydrogen-bond donors (Lipinski definition) is 1. The number of carbonyl (C=O) groups excluding carboxylic acids is 2. The molecule has 0 aliphatic carbocycles. The molecule has 0 unspecified atom stereocenters. The summed E-state index contributed by atoms with van der Waals surface area (Å²) in [7, 11) is -3.77. The molecule has 0 radical (unpaired) electrons. The van der Waals surface area contributed by atoms with Crippen molar-refractivity contribution in [1.82, 2.24) is 10.2 Å². The van der Waals surface area contributed by atoms with Gasteiger partial charge in [0.05, 0.1) is 11.9 Å². The van der Waals surface area contributed by atoms with Crippen LogP contribution < -0.4 is 9.62 Å². The monoisotopic (exact) mass is 529 g/mol. The molecule has 0 saturated heterocycles. The van der Waals surface area contributed by atoms with Crippen molar-refractivity contribution in [3.05, 3.63) is 65.2 Å². The summed E-state index contributed by atoms with van der Waals surface area (Å²) < 4.78 is 26.8. The highest BCUT2D eigenvalue weighted by Gasteiger charge is 2.32. The zero-order valence-corrected chi connectivity index (χ0v) is 24.4. The topological polar surface area (TPSA) is 86.8 Å². The second-order valence-corrected chi connectivity index (χ2v) is 12.7. The molecule has 0 aliphatic heterocycles. The summed E-state index contributed by atoms with van der Waals surface area (Å²) in [5, 5.41) is 2.99. The molecule has 37 heavy (non-hydrogen) atoms. The van der Waals surface area contributed by atoms with Crippen molar-refractivity contribution in [3.63, 3.8) is 0 Å². The first kappa shape index (κ1) is 30.4. The quantitative estimate of drug-likeness (QED) is 0.454. The normalized spacial score (nSPS) is 13.5. The Balaban J connectivity index is 2.46. The molecule has 0 fully saturated rings. The highest BCUT2D eigenvalue weighted by molar-refractivity contribution is 7.92. The number of nitrogens with zero attached hydrogens (tertiary/aromatic N) is 2. The van der Waals surface area contributed by atoms with Crippen molar-refractivity contribution >= 4 is 27.5 Å². The standard InChI is InChI=1S/C29H43N3O4S/c1-9-22(4)30-28(34)26(10-2)31(19-23-14-12-11-13-21(23)3)27(33)20-32(37(8,35)36)25-17-15-24(16-18-25)29(5,6)7/h11-18,22,26H,9-10,19-20H2,1-8H3,(H,30,34)/t22-,26+/m1/s1. The fraction of sp³-hybridized carbons (Fsp3) is 0.517. The van der Waals surface area contributed by atoms with Crippen LogP contribution >= 0.6 is 0 Å².